The molecule has 5 heteroatoms. The van der Waals surface area contributed by atoms with Crippen molar-refractivity contribution in [1.82, 2.24) is 10.3 Å². The molecule has 0 bridgehead atoms. The summed E-state index contributed by atoms with van der Waals surface area (Å²) < 4.78 is 23.3. The number of pyridine rings is 1. The Morgan fingerprint density at radius 3 is 2.95 bits per heavy atom. The first-order valence-corrected chi connectivity index (χ1v) is 8.72. The van der Waals surface area contributed by atoms with Crippen molar-refractivity contribution in [3.63, 3.8) is 0 Å². The fraction of sp³-hybridized carbons (Fsp3) is 0.400. The van der Waals surface area contributed by atoms with Crippen molar-refractivity contribution < 1.29 is 8.42 Å². The third-order valence-electron chi connectivity index (χ3n) is 3.79. The summed E-state index contributed by atoms with van der Waals surface area (Å²) in [5.41, 5.74) is 1.12. The minimum absolute atomic E-state index is 0.0627. The summed E-state index contributed by atoms with van der Waals surface area (Å²) >= 11 is 0. The van der Waals surface area contributed by atoms with E-state index in [1.807, 2.05) is 30.6 Å². The van der Waals surface area contributed by atoms with Crippen molar-refractivity contribution in [2.45, 2.75) is 25.4 Å². The molecule has 1 aliphatic heterocycles. The molecular weight excluding hydrogens is 272 g/mol. The minimum Gasteiger partial charge on any atom is -0.309 e. The van der Waals surface area contributed by atoms with Crippen molar-refractivity contribution >= 4 is 20.6 Å². The van der Waals surface area contributed by atoms with Gasteiger partial charge in [-0.15, -0.1) is 0 Å². The molecule has 1 atom stereocenters. The van der Waals surface area contributed by atoms with E-state index in [-0.39, 0.29) is 11.8 Å². The molecule has 1 aromatic carbocycles. The molecule has 1 aromatic heterocycles. The molecule has 2 heterocycles. The maximum absolute atomic E-state index is 11.6. The van der Waals surface area contributed by atoms with Crippen LogP contribution in [0.3, 0.4) is 0 Å². The lowest BCUT2D eigenvalue weighted by Gasteiger charge is -2.23. The van der Waals surface area contributed by atoms with Gasteiger partial charge in [0.05, 0.1) is 11.5 Å². The van der Waals surface area contributed by atoms with Gasteiger partial charge in [0.1, 0.15) is 0 Å². The Morgan fingerprint density at radius 2 is 2.10 bits per heavy atom. The van der Waals surface area contributed by atoms with Crippen LogP contribution in [0.4, 0.5) is 0 Å². The molecule has 106 valence electrons. The molecule has 0 saturated carbocycles. The zero-order chi connectivity index (χ0) is 14.0. The van der Waals surface area contributed by atoms with Gasteiger partial charge >= 0.3 is 0 Å². The third kappa shape index (κ3) is 2.99. The summed E-state index contributed by atoms with van der Waals surface area (Å²) in [6.07, 6.45) is 5.39. The van der Waals surface area contributed by atoms with Crippen LogP contribution in [0.25, 0.3) is 10.8 Å². The predicted molar refractivity (Wildman–Crippen MR) is 80.3 cm³/mol. The largest absolute Gasteiger partial charge is 0.309 e. The minimum atomic E-state index is -2.86. The van der Waals surface area contributed by atoms with Crippen LogP contribution in [0.5, 0.6) is 0 Å². The number of aromatic nitrogens is 1. The number of hydrogen-bond acceptors (Lipinski definition) is 4. The molecular formula is C15H18N2O2S. The first-order valence-electron chi connectivity index (χ1n) is 6.89. The van der Waals surface area contributed by atoms with Gasteiger partial charge in [-0.3, -0.25) is 4.98 Å². The van der Waals surface area contributed by atoms with Crippen LogP contribution < -0.4 is 5.32 Å². The van der Waals surface area contributed by atoms with E-state index in [0.717, 1.165) is 23.8 Å². The molecule has 0 radical (unpaired) electrons. The normalized spacial score (nSPS) is 21.9. The molecule has 20 heavy (non-hydrogen) atoms. The van der Waals surface area contributed by atoms with E-state index in [9.17, 15) is 8.42 Å². The SMILES string of the molecule is O=S1(=O)CCCC(NCc2cncc3ccccc23)C1. The monoisotopic (exact) mass is 290 g/mol. The van der Waals surface area contributed by atoms with E-state index in [2.05, 4.69) is 16.4 Å². The van der Waals surface area contributed by atoms with Gasteiger partial charge in [-0.2, -0.15) is 0 Å². The molecule has 4 nitrogen and oxygen atoms in total. The summed E-state index contributed by atoms with van der Waals surface area (Å²) in [5, 5.41) is 5.66. The second kappa shape index (κ2) is 5.50. The number of hydrogen-bond donors (Lipinski definition) is 1. The van der Waals surface area contributed by atoms with Crippen molar-refractivity contribution in [3.05, 3.63) is 42.2 Å². The Morgan fingerprint density at radius 1 is 1.25 bits per heavy atom. The molecule has 1 aliphatic rings. The maximum Gasteiger partial charge on any atom is 0.151 e. The van der Waals surface area contributed by atoms with Crippen molar-refractivity contribution in [1.29, 1.82) is 0 Å². The first-order chi connectivity index (χ1) is 9.64. The average molecular weight is 290 g/mol. The highest BCUT2D eigenvalue weighted by molar-refractivity contribution is 7.91. The molecule has 0 amide bonds. The topological polar surface area (TPSA) is 59.1 Å². The van der Waals surface area contributed by atoms with E-state index in [1.165, 1.54) is 5.39 Å². The van der Waals surface area contributed by atoms with E-state index in [4.69, 9.17) is 0 Å². The van der Waals surface area contributed by atoms with Crippen LogP contribution in [0, 0.1) is 0 Å². The van der Waals surface area contributed by atoms with Crippen LogP contribution >= 0.6 is 0 Å². The van der Waals surface area contributed by atoms with Crippen molar-refractivity contribution in [2.75, 3.05) is 11.5 Å². The average Bonchev–Trinajstić information content (AvgIpc) is 2.44. The number of fused-ring (bicyclic) bond motifs is 1. The summed E-state index contributed by atoms with van der Waals surface area (Å²) in [7, 11) is -2.86. The first kappa shape index (κ1) is 13.5. The molecule has 1 fully saturated rings. The lowest BCUT2D eigenvalue weighted by atomic mass is 10.1. The Kier molecular flexibility index (Phi) is 3.72. The molecule has 1 saturated heterocycles. The molecule has 1 unspecified atom stereocenters. The maximum atomic E-state index is 11.6. The van der Waals surface area contributed by atoms with Gasteiger partial charge in [0, 0.05) is 30.4 Å². The second-order valence-electron chi connectivity index (χ2n) is 5.35. The van der Waals surface area contributed by atoms with E-state index in [0.29, 0.717) is 12.3 Å². The van der Waals surface area contributed by atoms with Crippen molar-refractivity contribution in [2.24, 2.45) is 0 Å². The van der Waals surface area contributed by atoms with Crippen LogP contribution in [0.15, 0.2) is 36.7 Å². The van der Waals surface area contributed by atoms with Crippen LogP contribution in [0.2, 0.25) is 0 Å². The van der Waals surface area contributed by atoms with E-state index in [1.54, 1.807) is 0 Å². The highest BCUT2D eigenvalue weighted by atomic mass is 32.2. The van der Waals surface area contributed by atoms with Gasteiger partial charge in [0.25, 0.3) is 0 Å². The smallest absolute Gasteiger partial charge is 0.151 e. The number of nitrogens with one attached hydrogen (secondary N) is 1. The summed E-state index contributed by atoms with van der Waals surface area (Å²) in [5.74, 6) is 0.589. The summed E-state index contributed by atoms with van der Waals surface area (Å²) in [6, 6.07) is 8.18. The molecule has 0 spiro atoms. The lowest BCUT2D eigenvalue weighted by molar-refractivity contribution is 0.480. The molecule has 2 aromatic rings. The zero-order valence-electron chi connectivity index (χ0n) is 11.2. The third-order valence-corrected chi connectivity index (χ3v) is 5.62. The van der Waals surface area contributed by atoms with Crippen molar-refractivity contribution in [3.8, 4) is 0 Å². The number of benzene rings is 1. The summed E-state index contributed by atoms with van der Waals surface area (Å²) in [4.78, 5) is 4.25. The van der Waals surface area contributed by atoms with Gasteiger partial charge in [0.15, 0.2) is 9.84 Å². The lowest BCUT2D eigenvalue weighted by Crippen LogP contribution is -2.39. The molecule has 0 aliphatic carbocycles. The summed E-state index contributed by atoms with van der Waals surface area (Å²) in [6.45, 7) is 0.661. The Balaban J connectivity index is 1.74. The highest BCUT2D eigenvalue weighted by Crippen LogP contribution is 2.18. The van der Waals surface area contributed by atoms with Crippen LogP contribution in [-0.4, -0.2) is 30.9 Å². The van der Waals surface area contributed by atoms with Gasteiger partial charge in [-0.25, -0.2) is 8.42 Å². The zero-order valence-corrected chi connectivity index (χ0v) is 12.1. The van der Waals surface area contributed by atoms with Crippen LogP contribution in [0.1, 0.15) is 18.4 Å². The van der Waals surface area contributed by atoms with Gasteiger partial charge in [-0.05, 0) is 23.8 Å². The Labute approximate surface area is 119 Å². The Hall–Kier alpha value is -1.46. The fourth-order valence-corrected chi connectivity index (χ4v) is 4.43. The van der Waals surface area contributed by atoms with Crippen LogP contribution in [-0.2, 0) is 16.4 Å². The fourth-order valence-electron chi connectivity index (χ4n) is 2.76. The van der Waals surface area contributed by atoms with Gasteiger partial charge in [-0.1, -0.05) is 24.3 Å². The number of nitrogens with zero attached hydrogens (tertiary/aromatic N) is 1. The van der Waals surface area contributed by atoms with E-state index >= 15 is 0 Å². The number of sulfone groups is 1. The quantitative estimate of drug-likeness (QED) is 0.938. The standard InChI is InChI=1S/C15H18N2O2S/c18-20(19)7-3-5-14(11-20)17-10-13-9-16-8-12-4-1-2-6-15(12)13/h1-2,4,6,8-9,14,17H,3,5,7,10-11H2. The Bertz CT molecular complexity index is 707. The van der Waals surface area contributed by atoms with Gasteiger partial charge < -0.3 is 5.32 Å². The molecule has 3 rings (SSSR count). The predicted octanol–water partition coefficient (Wildman–Crippen LogP) is 1.90. The highest BCUT2D eigenvalue weighted by Gasteiger charge is 2.24. The van der Waals surface area contributed by atoms with Gasteiger partial charge in [0.2, 0.25) is 0 Å². The van der Waals surface area contributed by atoms with E-state index < -0.39 is 9.84 Å². The molecule has 1 N–H and O–H groups in total. The number of rotatable bonds is 3. The second-order valence-corrected chi connectivity index (χ2v) is 7.58.